The molecule has 5 nitrogen and oxygen atoms in total. The van der Waals surface area contributed by atoms with Crippen LogP contribution in [0.4, 0.5) is 0 Å². The molecule has 192 valence electrons. The van der Waals surface area contributed by atoms with E-state index < -0.39 is 0 Å². The lowest BCUT2D eigenvalue weighted by Crippen LogP contribution is -2.19. The summed E-state index contributed by atoms with van der Waals surface area (Å²) in [6.07, 6.45) is 23.7. The minimum absolute atomic E-state index is 0.0244. The van der Waals surface area contributed by atoms with Gasteiger partial charge in [0, 0.05) is 18.8 Å². The van der Waals surface area contributed by atoms with Crippen molar-refractivity contribution in [3.05, 3.63) is 24.3 Å². The zero-order valence-corrected chi connectivity index (χ0v) is 22.0. The molecule has 0 saturated heterocycles. The van der Waals surface area contributed by atoms with Crippen molar-refractivity contribution in [2.24, 2.45) is 5.92 Å². The Bertz CT molecular complexity index is 528. The summed E-state index contributed by atoms with van der Waals surface area (Å²) < 4.78 is 10.6. The Morgan fingerprint density at radius 1 is 0.727 bits per heavy atom. The van der Waals surface area contributed by atoms with Gasteiger partial charge in [-0.05, 0) is 65.6 Å². The van der Waals surface area contributed by atoms with Gasteiger partial charge in [-0.15, -0.1) is 0 Å². The lowest BCUT2D eigenvalue weighted by atomic mass is 10.1. The fourth-order valence-electron chi connectivity index (χ4n) is 3.28. The van der Waals surface area contributed by atoms with E-state index in [4.69, 9.17) is 9.47 Å². The third-order valence-electron chi connectivity index (χ3n) is 5.38. The Labute approximate surface area is 204 Å². The van der Waals surface area contributed by atoms with Crippen molar-refractivity contribution in [1.82, 2.24) is 4.90 Å². The molecule has 0 aliphatic carbocycles. The van der Waals surface area contributed by atoms with Crippen LogP contribution in [0.2, 0.25) is 0 Å². The number of unbranched alkanes of at least 4 members (excludes halogenated alkanes) is 8. The van der Waals surface area contributed by atoms with Crippen LogP contribution in [0.5, 0.6) is 0 Å². The van der Waals surface area contributed by atoms with Crippen molar-refractivity contribution in [2.75, 3.05) is 33.9 Å². The maximum Gasteiger partial charge on any atom is 0.305 e. The van der Waals surface area contributed by atoms with Crippen LogP contribution in [-0.4, -0.2) is 50.7 Å². The second-order valence-electron chi connectivity index (χ2n) is 9.36. The Morgan fingerprint density at radius 3 is 1.82 bits per heavy atom. The summed E-state index contributed by atoms with van der Waals surface area (Å²) in [6, 6.07) is 0. The quantitative estimate of drug-likeness (QED) is 0.0992. The van der Waals surface area contributed by atoms with E-state index in [0.717, 1.165) is 38.6 Å². The second kappa shape index (κ2) is 23.5. The molecule has 0 heterocycles. The standard InChI is InChI=1S/C28H51NO4/c1-5-6-7-8-9-10-11-12-13-14-15-16-17-18-19-21-27(30)32-24-26(2)25-33-28(31)22-20-23-29(3)4/h9-10,12-13,26H,5-8,11,14-25H2,1-4H3/b10-9-,13-12-. The summed E-state index contributed by atoms with van der Waals surface area (Å²) >= 11 is 0. The minimum atomic E-state index is -0.180. The van der Waals surface area contributed by atoms with Crippen LogP contribution in [0.15, 0.2) is 24.3 Å². The number of carbonyl (C=O) groups is 2. The Kier molecular flexibility index (Phi) is 22.4. The molecule has 0 rings (SSSR count). The van der Waals surface area contributed by atoms with Crippen LogP contribution in [0.1, 0.15) is 104 Å². The number of ether oxygens (including phenoxy) is 2. The fraction of sp³-hybridized carbons (Fsp3) is 0.786. The monoisotopic (exact) mass is 465 g/mol. The summed E-state index contributed by atoms with van der Waals surface area (Å²) in [6.45, 7) is 5.65. The van der Waals surface area contributed by atoms with Crippen LogP contribution < -0.4 is 0 Å². The number of hydrogen-bond acceptors (Lipinski definition) is 5. The third-order valence-corrected chi connectivity index (χ3v) is 5.38. The molecule has 0 radical (unpaired) electrons. The smallest absolute Gasteiger partial charge is 0.305 e. The highest BCUT2D eigenvalue weighted by Crippen LogP contribution is 2.09. The second-order valence-corrected chi connectivity index (χ2v) is 9.36. The molecular weight excluding hydrogens is 414 g/mol. The molecule has 0 bridgehead atoms. The lowest BCUT2D eigenvalue weighted by Gasteiger charge is -2.13. The summed E-state index contributed by atoms with van der Waals surface area (Å²) in [5, 5.41) is 0. The molecule has 0 aromatic heterocycles. The maximum absolute atomic E-state index is 11.9. The molecular formula is C28H51NO4. The highest BCUT2D eigenvalue weighted by molar-refractivity contribution is 5.69. The van der Waals surface area contributed by atoms with Crippen molar-refractivity contribution in [2.45, 2.75) is 104 Å². The van der Waals surface area contributed by atoms with Crippen LogP contribution in [0.25, 0.3) is 0 Å². The number of allylic oxidation sites excluding steroid dienone is 4. The molecule has 0 aliphatic rings. The van der Waals surface area contributed by atoms with Gasteiger partial charge in [0.1, 0.15) is 0 Å². The Hall–Kier alpha value is -1.62. The van der Waals surface area contributed by atoms with E-state index in [1.54, 1.807) is 0 Å². The van der Waals surface area contributed by atoms with Crippen molar-refractivity contribution >= 4 is 11.9 Å². The Morgan fingerprint density at radius 2 is 1.24 bits per heavy atom. The molecule has 0 amide bonds. The number of esters is 2. The highest BCUT2D eigenvalue weighted by Gasteiger charge is 2.10. The van der Waals surface area contributed by atoms with Crippen LogP contribution in [0.3, 0.4) is 0 Å². The summed E-state index contributed by atoms with van der Waals surface area (Å²) in [5.41, 5.74) is 0. The zero-order valence-electron chi connectivity index (χ0n) is 22.0. The average molecular weight is 466 g/mol. The summed E-state index contributed by atoms with van der Waals surface area (Å²) in [7, 11) is 3.97. The molecule has 1 atom stereocenters. The van der Waals surface area contributed by atoms with Gasteiger partial charge in [-0.2, -0.15) is 0 Å². The van der Waals surface area contributed by atoms with E-state index in [1.165, 1.54) is 44.9 Å². The van der Waals surface area contributed by atoms with Crippen molar-refractivity contribution in [1.29, 1.82) is 0 Å². The van der Waals surface area contributed by atoms with Crippen LogP contribution in [-0.2, 0) is 19.1 Å². The van der Waals surface area contributed by atoms with E-state index in [9.17, 15) is 9.59 Å². The molecule has 33 heavy (non-hydrogen) atoms. The van der Waals surface area contributed by atoms with Crippen molar-refractivity contribution < 1.29 is 19.1 Å². The topological polar surface area (TPSA) is 55.8 Å². The minimum Gasteiger partial charge on any atom is -0.465 e. The molecule has 0 fully saturated rings. The largest absolute Gasteiger partial charge is 0.465 e. The van der Waals surface area contributed by atoms with E-state index in [1.807, 2.05) is 25.9 Å². The molecule has 0 spiro atoms. The number of hydrogen-bond donors (Lipinski definition) is 0. The molecule has 0 saturated carbocycles. The molecule has 0 aromatic rings. The Balaban J connectivity index is 3.49. The number of rotatable bonds is 22. The first-order valence-corrected chi connectivity index (χ1v) is 13.2. The van der Waals surface area contributed by atoms with Crippen molar-refractivity contribution in [3.8, 4) is 0 Å². The molecule has 0 aliphatic heterocycles. The van der Waals surface area contributed by atoms with Gasteiger partial charge in [-0.1, -0.05) is 70.3 Å². The molecule has 0 aromatic carbocycles. The first-order valence-electron chi connectivity index (χ1n) is 13.2. The van der Waals surface area contributed by atoms with E-state index in [0.29, 0.717) is 26.1 Å². The molecule has 0 N–H and O–H groups in total. The average Bonchev–Trinajstić information content (AvgIpc) is 2.78. The van der Waals surface area contributed by atoms with Crippen molar-refractivity contribution in [3.63, 3.8) is 0 Å². The van der Waals surface area contributed by atoms with Gasteiger partial charge in [0.25, 0.3) is 0 Å². The highest BCUT2D eigenvalue weighted by atomic mass is 16.5. The summed E-state index contributed by atoms with van der Waals surface area (Å²) in [5.74, 6) is -0.304. The van der Waals surface area contributed by atoms with Gasteiger partial charge in [-0.25, -0.2) is 0 Å². The van der Waals surface area contributed by atoms with Gasteiger partial charge < -0.3 is 14.4 Å². The van der Waals surface area contributed by atoms with Gasteiger partial charge in [-0.3, -0.25) is 9.59 Å². The third kappa shape index (κ3) is 24.8. The fourth-order valence-corrected chi connectivity index (χ4v) is 3.28. The van der Waals surface area contributed by atoms with Gasteiger partial charge in [0.15, 0.2) is 0 Å². The van der Waals surface area contributed by atoms with Gasteiger partial charge in [0.2, 0.25) is 0 Å². The van der Waals surface area contributed by atoms with E-state index in [2.05, 4.69) is 31.2 Å². The van der Waals surface area contributed by atoms with Gasteiger partial charge in [0.05, 0.1) is 13.2 Å². The predicted octanol–water partition coefficient (Wildman–Crippen LogP) is 6.86. The van der Waals surface area contributed by atoms with Crippen LogP contribution >= 0.6 is 0 Å². The molecule has 1 unspecified atom stereocenters. The number of nitrogens with zero attached hydrogens (tertiary/aromatic N) is 1. The normalized spacial score (nSPS) is 12.6. The maximum atomic E-state index is 11.9. The van der Waals surface area contributed by atoms with E-state index >= 15 is 0 Å². The first-order chi connectivity index (χ1) is 16.0. The number of carbonyl (C=O) groups excluding carboxylic acids is 2. The van der Waals surface area contributed by atoms with Crippen LogP contribution in [0, 0.1) is 5.92 Å². The van der Waals surface area contributed by atoms with Gasteiger partial charge >= 0.3 is 11.9 Å². The zero-order chi connectivity index (χ0) is 24.6. The lowest BCUT2D eigenvalue weighted by molar-refractivity contribution is -0.148. The predicted molar refractivity (Wildman–Crippen MR) is 138 cm³/mol. The van der Waals surface area contributed by atoms with E-state index in [-0.39, 0.29) is 17.9 Å². The first kappa shape index (κ1) is 31.4. The summed E-state index contributed by atoms with van der Waals surface area (Å²) in [4.78, 5) is 25.6. The SMILES string of the molecule is CCCCC/C=C\C/C=C\CCCCCCCC(=O)OCC(C)COC(=O)CCCN(C)C. The molecule has 5 heteroatoms.